The summed E-state index contributed by atoms with van der Waals surface area (Å²) < 4.78 is 11.7. The fraction of sp³-hybridized carbons (Fsp3) is 0.448. The first-order chi connectivity index (χ1) is 17.3. The number of likely N-dealkylation sites (N-methyl/N-ethyl adjacent to an activating group) is 1. The second-order valence-electron chi connectivity index (χ2n) is 9.88. The number of ether oxygens (including phenoxy) is 2. The summed E-state index contributed by atoms with van der Waals surface area (Å²) in [7, 11) is 3.84. The summed E-state index contributed by atoms with van der Waals surface area (Å²) in [4.78, 5) is 30.0. The Balaban J connectivity index is 1.74. The highest BCUT2D eigenvalue weighted by Gasteiger charge is 2.46. The van der Waals surface area contributed by atoms with Crippen LogP contribution >= 0.6 is 0 Å². The minimum Gasteiger partial charge on any atom is -0.507 e. The number of hydrogen-bond acceptors (Lipinski definition) is 6. The van der Waals surface area contributed by atoms with Crippen molar-refractivity contribution in [3.05, 3.63) is 64.7 Å². The van der Waals surface area contributed by atoms with Crippen molar-refractivity contribution in [1.29, 1.82) is 0 Å². The van der Waals surface area contributed by atoms with E-state index in [4.69, 9.17) is 9.47 Å². The number of carbonyl (C=O) groups excluding carboxylic acids is 2. The van der Waals surface area contributed by atoms with Crippen molar-refractivity contribution in [2.45, 2.75) is 51.7 Å². The molecule has 192 valence electrons. The van der Waals surface area contributed by atoms with Gasteiger partial charge in [0.1, 0.15) is 23.4 Å². The Kier molecular flexibility index (Phi) is 7.99. The maximum absolute atomic E-state index is 13.3. The zero-order valence-electron chi connectivity index (χ0n) is 21.6. The van der Waals surface area contributed by atoms with E-state index in [2.05, 4.69) is 6.92 Å². The van der Waals surface area contributed by atoms with Crippen molar-refractivity contribution >= 4 is 17.4 Å². The van der Waals surface area contributed by atoms with Crippen LogP contribution < -0.4 is 9.47 Å². The number of amides is 1. The number of carbonyl (C=O) groups is 2. The van der Waals surface area contributed by atoms with Gasteiger partial charge in [0.15, 0.2) is 0 Å². The van der Waals surface area contributed by atoms with Crippen molar-refractivity contribution in [2.24, 2.45) is 0 Å². The molecule has 0 saturated carbocycles. The zero-order valence-corrected chi connectivity index (χ0v) is 21.6. The number of Topliss-reactive ketones (excluding diaryl/α,β-unsaturated/α-hetero) is 1. The summed E-state index contributed by atoms with van der Waals surface area (Å²) in [5.74, 6) is 0.0363. The summed E-state index contributed by atoms with van der Waals surface area (Å²) in [6, 6.07) is 12.2. The van der Waals surface area contributed by atoms with Gasteiger partial charge in [0.2, 0.25) is 0 Å². The molecule has 2 aliphatic rings. The van der Waals surface area contributed by atoms with Gasteiger partial charge in [0.05, 0.1) is 18.2 Å². The van der Waals surface area contributed by atoms with Crippen LogP contribution in [0, 0.1) is 0 Å². The lowest BCUT2D eigenvalue weighted by Gasteiger charge is -2.27. The fourth-order valence-corrected chi connectivity index (χ4v) is 4.81. The minimum atomic E-state index is -0.701. The third kappa shape index (κ3) is 5.41. The van der Waals surface area contributed by atoms with Gasteiger partial charge in [0, 0.05) is 25.1 Å². The minimum absolute atomic E-state index is 0.0640. The topological polar surface area (TPSA) is 79.3 Å². The second-order valence-corrected chi connectivity index (χ2v) is 9.88. The summed E-state index contributed by atoms with van der Waals surface area (Å²) in [5, 5.41) is 11.4. The lowest BCUT2D eigenvalue weighted by atomic mass is 9.94. The molecule has 1 amide bonds. The largest absolute Gasteiger partial charge is 0.507 e. The van der Waals surface area contributed by atoms with E-state index in [9.17, 15) is 14.7 Å². The lowest BCUT2D eigenvalue weighted by molar-refractivity contribution is -0.140. The zero-order chi connectivity index (χ0) is 25.8. The Morgan fingerprint density at radius 2 is 1.97 bits per heavy atom. The number of ketones is 1. The highest BCUT2D eigenvalue weighted by molar-refractivity contribution is 6.46. The standard InChI is InChI=1S/C29H36N2O5/c1-5-6-7-15-35-23-10-8-9-20(18-23)26-25(28(33)29(34)31(26)14-13-30(3)4)27(32)21-11-12-24-22(17-21)16-19(2)36-24/h8-12,17-19,26,32H,5-7,13-16H2,1-4H3/b27-25+/t19-,26-/m1/s1. The molecule has 4 rings (SSSR count). The van der Waals surface area contributed by atoms with Gasteiger partial charge in [-0.3, -0.25) is 9.59 Å². The average Bonchev–Trinajstić information content (AvgIpc) is 3.35. The molecule has 0 radical (unpaired) electrons. The Morgan fingerprint density at radius 3 is 2.72 bits per heavy atom. The number of likely N-dealkylation sites (tertiary alicyclic amines) is 1. The number of unbranched alkanes of at least 4 members (excludes halogenated alkanes) is 2. The number of aliphatic hydroxyl groups excluding tert-OH is 1. The van der Waals surface area contributed by atoms with Gasteiger partial charge in [-0.15, -0.1) is 0 Å². The van der Waals surface area contributed by atoms with Crippen molar-refractivity contribution in [3.8, 4) is 11.5 Å². The fourth-order valence-electron chi connectivity index (χ4n) is 4.81. The number of benzene rings is 2. The monoisotopic (exact) mass is 492 g/mol. The third-order valence-corrected chi connectivity index (χ3v) is 6.69. The second kappa shape index (κ2) is 11.2. The van der Waals surface area contributed by atoms with Crippen LogP contribution in [0.2, 0.25) is 0 Å². The van der Waals surface area contributed by atoms with E-state index < -0.39 is 17.7 Å². The van der Waals surface area contributed by atoms with Crippen LogP contribution in [-0.4, -0.2) is 66.5 Å². The van der Waals surface area contributed by atoms with Crippen molar-refractivity contribution in [3.63, 3.8) is 0 Å². The molecule has 2 atom stereocenters. The van der Waals surface area contributed by atoms with Crippen molar-refractivity contribution < 1.29 is 24.2 Å². The van der Waals surface area contributed by atoms with E-state index >= 15 is 0 Å². The van der Waals surface area contributed by atoms with Crippen LogP contribution in [-0.2, 0) is 16.0 Å². The molecule has 36 heavy (non-hydrogen) atoms. The molecule has 1 fully saturated rings. The van der Waals surface area contributed by atoms with Gasteiger partial charge in [-0.1, -0.05) is 31.9 Å². The van der Waals surface area contributed by atoms with Crippen LogP contribution in [0.25, 0.3) is 5.76 Å². The molecule has 0 aromatic heterocycles. The Hall–Kier alpha value is -3.32. The molecule has 2 aliphatic heterocycles. The molecular weight excluding hydrogens is 456 g/mol. The molecule has 7 heteroatoms. The summed E-state index contributed by atoms with van der Waals surface area (Å²) >= 11 is 0. The van der Waals surface area contributed by atoms with E-state index in [1.807, 2.05) is 62.3 Å². The normalized spacial score (nSPS) is 20.6. The molecule has 0 bridgehead atoms. The van der Waals surface area contributed by atoms with Crippen LogP contribution in [0.3, 0.4) is 0 Å². The van der Waals surface area contributed by atoms with Crippen LogP contribution in [0.5, 0.6) is 11.5 Å². The molecule has 1 N–H and O–H groups in total. The summed E-state index contributed by atoms with van der Waals surface area (Å²) in [6.07, 6.45) is 3.96. The number of rotatable bonds is 10. The Bertz CT molecular complexity index is 1160. The highest BCUT2D eigenvalue weighted by atomic mass is 16.5. The van der Waals surface area contributed by atoms with Gasteiger partial charge in [-0.05, 0) is 68.9 Å². The summed E-state index contributed by atoms with van der Waals surface area (Å²) in [5.41, 5.74) is 2.33. The molecular formula is C29H36N2O5. The number of fused-ring (bicyclic) bond motifs is 1. The van der Waals surface area contributed by atoms with Crippen LogP contribution in [0.15, 0.2) is 48.0 Å². The Labute approximate surface area is 213 Å². The Morgan fingerprint density at radius 1 is 1.17 bits per heavy atom. The van der Waals surface area contributed by atoms with Gasteiger partial charge in [0.25, 0.3) is 11.7 Å². The van der Waals surface area contributed by atoms with Crippen LogP contribution in [0.4, 0.5) is 0 Å². The van der Waals surface area contributed by atoms with Gasteiger partial charge in [-0.25, -0.2) is 0 Å². The van der Waals surface area contributed by atoms with Crippen molar-refractivity contribution in [1.82, 2.24) is 9.80 Å². The molecule has 2 heterocycles. The average molecular weight is 493 g/mol. The van der Waals surface area contributed by atoms with Crippen molar-refractivity contribution in [2.75, 3.05) is 33.8 Å². The SMILES string of the molecule is CCCCCOc1cccc([C@@H]2/C(=C(\O)c3ccc4c(c3)C[C@@H](C)O4)C(=O)C(=O)N2CCN(C)C)c1. The number of aliphatic hydroxyl groups is 1. The predicted octanol–water partition coefficient (Wildman–Crippen LogP) is 4.56. The van der Waals surface area contributed by atoms with E-state index in [1.165, 1.54) is 0 Å². The molecule has 0 aliphatic carbocycles. The van der Waals surface area contributed by atoms with Gasteiger partial charge in [-0.2, -0.15) is 0 Å². The maximum atomic E-state index is 13.3. The quantitative estimate of drug-likeness (QED) is 0.227. The molecule has 2 aromatic carbocycles. The molecule has 0 unspecified atom stereocenters. The third-order valence-electron chi connectivity index (χ3n) is 6.69. The first-order valence-corrected chi connectivity index (χ1v) is 12.8. The summed E-state index contributed by atoms with van der Waals surface area (Å²) in [6.45, 7) is 5.69. The van der Waals surface area contributed by atoms with Gasteiger partial charge >= 0.3 is 0 Å². The molecule has 0 spiro atoms. The van der Waals surface area contributed by atoms with Crippen LogP contribution in [0.1, 0.15) is 55.8 Å². The first-order valence-electron chi connectivity index (χ1n) is 12.8. The van der Waals surface area contributed by atoms with Gasteiger partial charge < -0.3 is 24.4 Å². The first kappa shape index (κ1) is 25.8. The van der Waals surface area contributed by atoms with E-state index in [1.54, 1.807) is 11.0 Å². The van der Waals surface area contributed by atoms with E-state index in [0.29, 0.717) is 31.0 Å². The smallest absolute Gasteiger partial charge is 0.295 e. The maximum Gasteiger partial charge on any atom is 0.295 e. The van der Waals surface area contributed by atoms with E-state index in [0.717, 1.165) is 42.6 Å². The highest BCUT2D eigenvalue weighted by Crippen LogP contribution is 2.41. The van der Waals surface area contributed by atoms with E-state index in [-0.39, 0.29) is 17.4 Å². The number of hydrogen-bond donors (Lipinski definition) is 1. The predicted molar refractivity (Wildman–Crippen MR) is 139 cm³/mol. The lowest BCUT2D eigenvalue weighted by Crippen LogP contribution is -2.35. The number of nitrogens with zero attached hydrogens (tertiary/aromatic N) is 2. The molecule has 7 nitrogen and oxygen atoms in total. The molecule has 2 aromatic rings. The molecule has 1 saturated heterocycles.